The van der Waals surface area contributed by atoms with Gasteiger partial charge in [0.1, 0.15) is 17.5 Å². The van der Waals surface area contributed by atoms with Gasteiger partial charge in [-0.1, -0.05) is 11.3 Å². The molecule has 0 fully saturated rings. The molecule has 9 heteroatoms. The number of hydrogen-bond acceptors (Lipinski definition) is 7. The lowest BCUT2D eigenvalue weighted by atomic mass is 9.95. The lowest BCUT2D eigenvalue weighted by molar-refractivity contribution is -0.139. The zero-order valence-electron chi connectivity index (χ0n) is 18.2. The number of H-pyrrole nitrogens is 1. The number of carbonyl (C=O) groups is 1. The first-order valence-electron chi connectivity index (χ1n) is 10.0. The number of ether oxygens (including phenoxy) is 3. The Morgan fingerprint density at radius 3 is 2.75 bits per heavy atom. The minimum atomic E-state index is -0.777. The molecule has 2 aromatic heterocycles. The van der Waals surface area contributed by atoms with Gasteiger partial charge in [-0.2, -0.15) is 0 Å². The van der Waals surface area contributed by atoms with Crippen molar-refractivity contribution in [2.24, 2.45) is 4.99 Å². The number of benzene rings is 1. The highest BCUT2D eigenvalue weighted by Crippen LogP contribution is 2.37. The number of fused-ring (bicyclic) bond motifs is 1. The lowest BCUT2D eigenvalue weighted by Crippen LogP contribution is -2.40. The highest BCUT2D eigenvalue weighted by molar-refractivity contribution is 7.07. The van der Waals surface area contributed by atoms with Crippen LogP contribution in [-0.4, -0.2) is 36.3 Å². The third-order valence-corrected chi connectivity index (χ3v) is 6.14. The van der Waals surface area contributed by atoms with Gasteiger partial charge in [-0.25, -0.2) is 9.79 Å². The molecule has 0 saturated heterocycles. The summed E-state index contributed by atoms with van der Waals surface area (Å²) in [5, 5.41) is 0. The summed E-state index contributed by atoms with van der Waals surface area (Å²) < 4.78 is 18.3. The van der Waals surface area contributed by atoms with Gasteiger partial charge < -0.3 is 19.2 Å². The minimum Gasteiger partial charge on any atom is -0.497 e. The fourth-order valence-electron chi connectivity index (χ4n) is 3.71. The van der Waals surface area contributed by atoms with Crippen LogP contribution in [0.1, 0.15) is 31.1 Å². The molecular weight excluding hydrogens is 430 g/mol. The van der Waals surface area contributed by atoms with Crippen molar-refractivity contribution in [1.29, 1.82) is 0 Å². The molecule has 166 valence electrons. The summed E-state index contributed by atoms with van der Waals surface area (Å²) in [6.07, 6.45) is 3.56. The zero-order chi connectivity index (χ0) is 22.8. The Labute approximate surface area is 188 Å². The first-order valence-corrected chi connectivity index (χ1v) is 10.8. The van der Waals surface area contributed by atoms with Crippen LogP contribution in [-0.2, 0) is 9.53 Å². The number of thiazole rings is 1. The van der Waals surface area contributed by atoms with Crippen LogP contribution < -0.4 is 24.4 Å². The predicted molar refractivity (Wildman–Crippen MR) is 121 cm³/mol. The second-order valence-electron chi connectivity index (χ2n) is 7.04. The maximum atomic E-state index is 13.5. The Morgan fingerprint density at radius 1 is 1.28 bits per heavy atom. The molecule has 3 aromatic rings. The molecule has 0 radical (unpaired) electrons. The number of hydrogen-bond donors (Lipinski definition) is 1. The van der Waals surface area contributed by atoms with Gasteiger partial charge in [0, 0.05) is 17.5 Å². The van der Waals surface area contributed by atoms with E-state index in [9.17, 15) is 9.59 Å². The van der Waals surface area contributed by atoms with Crippen LogP contribution in [0.4, 0.5) is 0 Å². The maximum Gasteiger partial charge on any atom is 0.338 e. The van der Waals surface area contributed by atoms with Crippen molar-refractivity contribution >= 4 is 23.4 Å². The van der Waals surface area contributed by atoms with Gasteiger partial charge in [0.25, 0.3) is 5.56 Å². The topological polar surface area (TPSA) is 94.9 Å². The van der Waals surface area contributed by atoms with E-state index in [1.807, 2.05) is 12.1 Å². The van der Waals surface area contributed by atoms with Gasteiger partial charge in [0.05, 0.1) is 36.6 Å². The monoisotopic (exact) mass is 453 g/mol. The Bertz CT molecular complexity index is 1370. The van der Waals surface area contributed by atoms with Gasteiger partial charge in [-0.15, -0.1) is 0 Å². The van der Waals surface area contributed by atoms with Gasteiger partial charge in [-0.3, -0.25) is 9.36 Å². The van der Waals surface area contributed by atoms with E-state index in [1.54, 1.807) is 58.5 Å². The number of nitrogens with one attached hydrogen (secondary N) is 1. The molecule has 1 atom stereocenters. The molecule has 0 bridgehead atoms. The molecule has 0 saturated carbocycles. The predicted octanol–water partition coefficient (Wildman–Crippen LogP) is 2.14. The average Bonchev–Trinajstić information content (AvgIpc) is 3.40. The number of aromatic amines is 1. The third-order valence-electron chi connectivity index (χ3n) is 5.16. The van der Waals surface area contributed by atoms with E-state index >= 15 is 0 Å². The molecule has 0 unspecified atom stereocenters. The van der Waals surface area contributed by atoms with Crippen LogP contribution in [0.25, 0.3) is 6.08 Å². The fourth-order valence-corrected chi connectivity index (χ4v) is 4.75. The molecule has 0 aliphatic carbocycles. The lowest BCUT2D eigenvalue weighted by Gasteiger charge is -2.26. The van der Waals surface area contributed by atoms with E-state index in [0.717, 1.165) is 5.69 Å². The number of nitrogens with zero attached hydrogens (tertiary/aromatic N) is 2. The van der Waals surface area contributed by atoms with Crippen molar-refractivity contribution < 1.29 is 19.0 Å². The normalized spacial score (nSPS) is 15.9. The van der Waals surface area contributed by atoms with Crippen LogP contribution in [0.15, 0.2) is 57.6 Å². The van der Waals surface area contributed by atoms with Crippen molar-refractivity contribution in [3.05, 3.63) is 78.7 Å². The van der Waals surface area contributed by atoms with Crippen molar-refractivity contribution in [3.8, 4) is 11.5 Å². The Morgan fingerprint density at radius 2 is 2.09 bits per heavy atom. The summed E-state index contributed by atoms with van der Waals surface area (Å²) in [7, 11) is 3.10. The van der Waals surface area contributed by atoms with Crippen LogP contribution in [0, 0.1) is 0 Å². The first kappa shape index (κ1) is 21.6. The largest absolute Gasteiger partial charge is 0.497 e. The summed E-state index contributed by atoms with van der Waals surface area (Å²) in [6, 6.07) is 8.23. The Balaban J connectivity index is 2.03. The Hall–Kier alpha value is -3.59. The smallest absolute Gasteiger partial charge is 0.338 e. The maximum absolute atomic E-state index is 13.5. The number of esters is 1. The highest BCUT2D eigenvalue weighted by atomic mass is 32.1. The van der Waals surface area contributed by atoms with Gasteiger partial charge >= 0.3 is 5.97 Å². The van der Waals surface area contributed by atoms with Crippen LogP contribution >= 0.6 is 11.3 Å². The number of methoxy groups -OCH3 is 2. The van der Waals surface area contributed by atoms with E-state index in [1.165, 1.54) is 15.9 Å². The van der Waals surface area contributed by atoms with E-state index in [4.69, 9.17) is 14.2 Å². The molecule has 4 rings (SSSR count). The standard InChI is InChI=1S/C23H23N3O5S/c1-5-31-22(28)19-13(2)25-23-26(21(27)18(32-23)11-14-7-6-10-24-14)20(19)16-12-15(29-3)8-9-17(16)30-4/h6-12,20,24H,5H2,1-4H3/b18-11-/t20-/m0/s1. The fraction of sp³-hybridized carbons (Fsp3) is 0.261. The quantitative estimate of drug-likeness (QED) is 0.577. The van der Waals surface area contributed by atoms with Crippen LogP contribution in [0.3, 0.4) is 0 Å². The van der Waals surface area contributed by atoms with E-state index in [-0.39, 0.29) is 17.7 Å². The average molecular weight is 454 g/mol. The van der Waals surface area contributed by atoms with Crippen molar-refractivity contribution in [3.63, 3.8) is 0 Å². The number of carbonyl (C=O) groups excluding carboxylic acids is 1. The Kier molecular flexibility index (Phi) is 6.00. The number of allylic oxidation sites excluding steroid dienone is 1. The van der Waals surface area contributed by atoms with E-state index in [0.29, 0.717) is 32.1 Å². The molecular formula is C23H23N3O5S. The SMILES string of the molecule is CCOC(=O)C1=C(C)N=c2s/c(=C\c3ccc[nH]3)c(=O)n2[C@H]1c1cc(OC)ccc1OC. The van der Waals surface area contributed by atoms with Gasteiger partial charge in [0.15, 0.2) is 4.80 Å². The summed E-state index contributed by atoms with van der Waals surface area (Å²) in [5.41, 5.74) is 1.93. The van der Waals surface area contributed by atoms with Gasteiger partial charge in [-0.05, 0) is 50.3 Å². The molecule has 1 aromatic carbocycles. The second kappa shape index (κ2) is 8.88. The highest BCUT2D eigenvalue weighted by Gasteiger charge is 2.35. The molecule has 1 aliphatic rings. The summed E-state index contributed by atoms with van der Waals surface area (Å²) in [4.78, 5) is 34.7. The zero-order valence-corrected chi connectivity index (χ0v) is 19.0. The summed E-state index contributed by atoms with van der Waals surface area (Å²) >= 11 is 1.26. The number of aromatic nitrogens is 2. The molecule has 32 heavy (non-hydrogen) atoms. The molecule has 1 aliphatic heterocycles. The van der Waals surface area contributed by atoms with E-state index < -0.39 is 12.0 Å². The van der Waals surface area contributed by atoms with Crippen LogP contribution in [0.5, 0.6) is 11.5 Å². The van der Waals surface area contributed by atoms with Crippen molar-refractivity contribution in [2.45, 2.75) is 19.9 Å². The summed E-state index contributed by atoms with van der Waals surface area (Å²) in [6.45, 7) is 3.68. The molecule has 8 nitrogen and oxygen atoms in total. The van der Waals surface area contributed by atoms with E-state index in [2.05, 4.69) is 9.98 Å². The molecule has 1 N–H and O–H groups in total. The molecule has 3 heterocycles. The van der Waals surface area contributed by atoms with Crippen molar-refractivity contribution in [2.75, 3.05) is 20.8 Å². The van der Waals surface area contributed by atoms with Gasteiger partial charge in [0.2, 0.25) is 0 Å². The molecule has 0 spiro atoms. The second-order valence-corrected chi connectivity index (χ2v) is 8.04. The third kappa shape index (κ3) is 3.75. The van der Waals surface area contributed by atoms with Crippen molar-refractivity contribution in [1.82, 2.24) is 9.55 Å². The van der Waals surface area contributed by atoms with Crippen LogP contribution in [0.2, 0.25) is 0 Å². The summed E-state index contributed by atoms with van der Waals surface area (Å²) in [5.74, 6) is 0.570. The number of rotatable bonds is 6. The molecule has 0 amide bonds. The first-order chi connectivity index (χ1) is 15.5. The minimum absolute atomic E-state index is 0.203.